The summed E-state index contributed by atoms with van der Waals surface area (Å²) in [4.78, 5) is 1.69. The Labute approximate surface area is 96.8 Å². The van der Waals surface area contributed by atoms with E-state index in [2.05, 4.69) is 10.6 Å². The largest absolute Gasteiger partial charge is 0.358 e. The summed E-state index contributed by atoms with van der Waals surface area (Å²) in [5.74, 6) is 0. The Morgan fingerprint density at radius 1 is 0.929 bits per heavy atom. The van der Waals surface area contributed by atoms with Gasteiger partial charge in [0.15, 0.2) is 0 Å². The van der Waals surface area contributed by atoms with Crippen LogP contribution in [-0.2, 0) is 0 Å². The lowest BCUT2D eigenvalue weighted by atomic mass is 9.89. The molecule has 1 aliphatic carbocycles. The molecule has 0 radical (unpaired) electrons. The summed E-state index contributed by atoms with van der Waals surface area (Å²) < 4.78 is 0. The molecule has 0 spiro atoms. The van der Waals surface area contributed by atoms with Gasteiger partial charge in [0.05, 0.1) is 9.98 Å². The Kier molecular flexibility index (Phi) is 4.26. The standard InChI is InChI=1S/C10H18N2S2/c1-8(13)11-10(12-9(2)14)6-4-3-5-7-10/h3-7H2,1-2H3,(H,11,13)(H,12,14). The average molecular weight is 230 g/mol. The summed E-state index contributed by atoms with van der Waals surface area (Å²) in [6, 6.07) is 0. The molecule has 4 heteroatoms. The van der Waals surface area contributed by atoms with Crippen LogP contribution < -0.4 is 10.6 Å². The lowest BCUT2D eigenvalue weighted by Gasteiger charge is -2.39. The van der Waals surface area contributed by atoms with Crippen molar-refractivity contribution in [2.75, 3.05) is 0 Å². The van der Waals surface area contributed by atoms with Gasteiger partial charge in [0, 0.05) is 0 Å². The molecule has 2 N–H and O–H groups in total. The van der Waals surface area contributed by atoms with Gasteiger partial charge in [0.25, 0.3) is 0 Å². The fourth-order valence-corrected chi connectivity index (χ4v) is 2.50. The lowest BCUT2D eigenvalue weighted by Crippen LogP contribution is -2.60. The van der Waals surface area contributed by atoms with E-state index >= 15 is 0 Å². The zero-order chi connectivity index (χ0) is 10.6. The van der Waals surface area contributed by atoms with Gasteiger partial charge < -0.3 is 10.6 Å². The van der Waals surface area contributed by atoms with Crippen LogP contribution in [0.3, 0.4) is 0 Å². The molecule has 0 aliphatic heterocycles. The van der Waals surface area contributed by atoms with Gasteiger partial charge in [-0.25, -0.2) is 0 Å². The van der Waals surface area contributed by atoms with Gasteiger partial charge in [-0.3, -0.25) is 0 Å². The first-order valence-electron chi connectivity index (χ1n) is 5.12. The van der Waals surface area contributed by atoms with Crippen LogP contribution in [0.15, 0.2) is 0 Å². The number of thiocarbonyl (C=S) groups is 2. The summed E-state index contributed by atoms with van der Waals surface area (Å²) in [5.41, 5.74) is -0.0596. The second kappa shape index (κ2) is 5.03. The highest BCUT2D eigenvalue weighted by Crippen LogP contribution is 2.26. The van der Waals surface area contributed by atoms with Crippen molar-refractivity contribution in [3.8, 4) is 0 Å². The third kappa shape index (κ3) is 3.50. The van der Waals surface area contributed by atoms with E-state index in [9.17, 15) is 0 Å². The smallest absolute Gasteiger partial charge is 0.108 e. The van der Waals surface area contributed by atoms with Crippen LogP contribution in [0.2, 0.25) is 0 Å². The second-order valence-corrected chi connectivity index (χ2v) is 5.23. The van der Waals surface area contributed by atoms with Crippen LogP contribution in [0.25, 0.3) is 0 Å². The third-order valence-corrected chi connectivity index (χ3v) is 2.74. The summed E-state index contributed by atoms with van der Waals surface area (Å²) >= 11 is 10.2. The van der Waals surface area contributed by atoms with Crippen LogP contribution in [0.1, 0.15) is 46.0 Å². The highest BCUT2D eigenvalue weighted by atomic mass is 32.1. The fraction of sp³-hybridized carbons (Fsp3) is 0.800. The fourth-order valence-electron chi connectivity index (χ4n) is 2.11. The molecule has 0 unspecified atom stereocenters. The molecule has 0 heterocycles. The van der Waals surface area contributed by atoms with Gasteiger partial charge in [-0.1, -0.05) is 30.9 Å². The molecule has 1 rings (SSSR count). The van der Waals surface area contributed by atoms with Crippen LogP contribution in [0, 0.1) is 0 Å². The molecule has 1 aliphatic rings. The van der Waals surface area contributed by atoms with E-state index in [1.807, 2.05) is 13.8 Å². The number of hydrogen-bond donors (Lipinski definition) is 2. The van der Waals surface area contributed by atoms with Crippen LogP contribution in [0.4, 0.5) is 0 Å². The van der Waals surface area contributed by atoms with Crippen molar-refractivity contribution in [3.63, 3.8) is 0 Å². The van der Waals surface area contributed by atoms with Crippen LogP contribution >= 0.6 is 24.4 Å². The van der Waals surface area contributed by atoms with E-state index in [0.29, 0.717) is 0 Å². The van der Waals surface area contributed by atoms with Gasteiger partial charge >= 0.3 is 0 Å². The molecule has 0 atom stereocenters. The van der Waals surface area contributed by atoms with Crippen molar-refractivity contribution in [1.29, 1.82) is 0 Å². The molecule has 0 aromatic carbocycles. The summed E-state index contributed by atoms with van der Waals surface area (Å²) in [6.45, 7) is 3.85. The molecule has 1 saturated carbocycles. The monoisotopic (exact) mass is 230 g/mol. The van der Waals surface area contributed by atoms with Gasteiger partial charge in [-0.05, 0) is 39.5 Å². The predicted molar refractivity (Wildman–Crippen MR) is 68.6 cm³/mol. The Balaban J connectivity index is 2.66. The minimum atomic E-state index is -0.0596. The molecule has 80 valence electrons. The highest BCUT2D eigenvalue weighted by Gasteiger charge is 2.31. The maximum absolute atomic E-state index is 5.11. The number of nitrogens with one attached hydrogen (secondary N) is 2. The first-order chi connectivity index (χ1) is 6.54. The minimum Gasteiger partial charge on any atom is -0.358 e. The Hall–Kier alpha value is -0.220. The topological polar surface area (TPSA) is 24.1 Å². The van der Waals surface area contributed by atoms with E-state index < -0.39 is 0 Å². The lowest BCUT2D eigenvalue weighted by molar-refractivity contribution is 0.245. The first-order valence-corrected chi connectivity index (χ1v) is 5.93. The number of hydrogen-bond acceptors (Lipinski definition) is 2. The zero-order valence-corrected chi connectivity index (χ0v) is 10.5. The quantitative estimate of drug-likeness (QED) is 0.562. The Morgan fingerprint density at radius 3 is 1.71 bits per heavy atom. The molecular formula is C10H18N2S2. The molecule has 0 amide bonds. The normalized spacial score (nSPS) is 19.9. The zero-order valence-electron chi connectivity index (χ0n) is 8.85. The van der Waals surface area contributed by atoms with Gasteiger partial charge in [-0.2, -0.15) is 0 Å². The van der Waals surface area contributed by atoms with Crippen molar-refractivity contribution in [3.05, 3.63) is 0 Å². The van der Waals surface area contributed by atoms with Crippen molar-refractivity contribution in [2.24, 2.45) is 0 Å². The number of rotatable bonds is 2. The Bertz CT molecular complexity index is 214. The third-order valence-electron chi connectivity index (χ3n) is 2.54. The molecule has 0 bridgehead atoms. The molecule has 0 saturated heterocycles. The van der Waals surface area contributed by atoms with Crippen molar-refractivity contribution in [1.82, 2.24) is 10.6 Å². The molecule has 14 heavy (non-hydrogen) atoms. The van der Waals surface area contributed by atoms with E-state index in [1.54, 1.807) is 0 Å². The maximum Gasteiger partial charge on any atom is 0.108 e. The summed E-state index contributed by atoms with van der Waals surface area (Å²) in [5, 5.41) is 6.72. The van der Waals surface area contributed by atoms with Crippen LogP contribution in [-0.4, -0.2) is 15.6 Å². The van der Waals surface area contributed by atoms with Crippen molar-refractivity contribution >= 4 is 34.4 Å². The van der Waals surface area contributed by atoms with Gasteiger partial charge in [0.1, 0.15) is 5.66 Å². The molecule has 1 fully saturated rings. The van der Waals surface area contributed by atoms with Crippen molar-refractivity contribution in [2.45, 2.75) is 51.6 Å². The van der Waals surface area contributed by atoms with E-state index in [0.717, 1.165) is 22.8 Å². The van der Waals surface area contributed by atoms with Crippen LogP contribution in [0.5, 0.6) is 0 Å². The predicted octanol–water partition coefficient (Wildman–Crippen LogP) is 2.52. The minimum absolute atomic E-state index is 0.0596. The summed E-state index contributed by atoms with van der Waals surface area (Å²) in [6.07, 6.45) is 6.01. The maximum atomic E-state index is 5.11. The summed E-state index contributed by atoms with van der Waals surface area (Å²) in [7, 11) is 0. The molecule has 0 aromatic rings. The van der Waals surface area contributed by atoms with Gasteiger partial charge in [-0.15, -0.1) is 0 Å². The van der Waals surface area contributed by atoms with E-state index in [-0.39, 0.29) is 5.66 Å². The van der Waals surface area contributed by atoms with E-state index in [4.69, 9.17) is 24.4 Å². The van der Waals surface area contributed by atoms with Crippen molar-refractivity contribution < 1.29 is 0 Å². The SMILES string of the molecule is CC(=S)NC1(NC(C)=S)CCCCC1. The molecule has 0 aromatic heterocycles. The molecule has 2 nitrogen and oxygen atoms in total. The first kappa shape index (κ1) is 11.9. The van der Waals surface area contributed by atoms with E-state index in [1.165, 1.54) is 19.3 Å². The van der Waals surface area contributed by atoms with Gasteiger partial charge in [0.2, 0.25) is 0 Å². The Morgan fingerprint density at radius 2 is 1.36 bits per heavy atom. The molecular weight excluding hydrogens is 212 g/mol. The second-order valence-electron chi connectivity index (χ2n) is 4.01. The highest BCUT2D eigenvalue weighted by molar-refractivity contribution is 7.80. The average Bonchev–Trinajstić information content (AvgIpc) is 2.01.